The van der Waals surface area contributed by atoms with E-state index >= 15 is 0 Å². The first kappa shape index (κ1) is 13.9. The normalized spacial score (nSPS) is 11.7. The van der Waals surface area contributed by atoms with E-state index < -0.39 is 11.9 Å². The molecule has 0 aromatic carbocycles. The van der Waals surface area contributed by atoms with Crippen molar-refractivity contribution in [2.24, 2.45) is 0 Å². The van der Waals surface area contributed by atoms with Crippen LogP contribution >= 0.6 is 0 Å². The van der Waals surface area contributed by atoms with Crippen LogP contribution in [0.2, 0.25) is 0 Å². The van der Waals surface area contributed by atoms with E-state index in [2.05, 4.69) is 20.6 Å². The molecule has 1 atom stereocenters. The number of hydrogen-bond acceptors (Lipinski definition) is 5. The number of nitrogen functional groups attached to an aromatic ring is 1. The molecule has 0 aliphatic carbocycles. The molecule has 4 N–H and O–H groups in total. The number of aryl methyl sites for hydroxylation is 1. The standard InChI is InChI=1S/C11H17N5O2/c1-4-13-9(17)7(3)15-10(18)8-5-6(2)14-11(12)16-8/h5,7H,4H2,1-3H3,(H,13,17)(H,15,18)(H2,12,14,16). The van der Waals surface area contributed by atoms with Crippen molar-refractivity contribution in [2.45, 2.75) is 26.8 Å². The fourth-order valence-corrected chi connectivity index (χ4v) is 1.37. The molecule has 0 aliphatic heterocycles. The fraction of sp³-hybridized carbons (Fsp3) is 0.455. The van der Waals surface area contributed by atoms with Crippen LogP contribution in [-0.2, 0) is 4.79 Å². The number of nitrogens with two attached hydrogens (primary N) is 1. The number of carbonyl (C=O) groups excluding carboxylic acids is 2. The van der Waals surface area contributed by atoms with Crippen molar-refractivity contribution < 1.29 is 9.59 Å². The van der Waals surface area contributed by atoms with Crippen molar-refractivity contribution in [2.75, 3.05) is 12.3 Å². The average molecular weight is 251 g/mol. The minimum absolute atomic E-state index is 0.0332. The van der Waals surface area contributed by atoms with E-state index in [1.165, 1.54) is 6.07 Å². The van der Waals surface area contributed by atoms with Gasteiger partial charge in [0.15, 0.2) is 0 Å². The molecule has 2 amide bonds. The Hall–Kier alpha value is -2.18. The van der Waals surface area contributed by atoms with Gasteiger partial charge in [-0.2, -0.15) is 0 Å². The first-order valence-corrected chi connectivity index (χ1v) is 5.63. The molecular formula is C11H17N5O2. The lowest BCUT2D eigenvalue weighted by molar-refractivity contribution is -0.122. The van der Waals surface area contributed by atoms with E-state index in [9.17, 15) is 9.59 Å². The third kappa shape index (κ3) is 3.69. The van der Waals surface area contributed by atoms with Gasteiger partial charge in [-0.15, -0.1) is 0 Å². The Morgan fingerprint density at radius 2 is 2.11 bits per heavy atom. The summed E-state index contributed by atoms with van der Waals surface area (Å²) >= 11 is 0. The van der Waals surface area contributed by atoms with Crippen molar-refractivity contribution in [1.29, 1.82) is 0 Å². The zero-order chi connectivity index (χ0) is 13.7. The molecule has 0 bridgehead atoms. The average Bonchev–Trinajstić information content (AvgIpc) is 2.27. The van der Waals surface area contributed by atoms with Crippen LogP contribution in [0.1, 0.15) is 30.0 Å². The Balaban J connectivity index is 2.73. The molecular weight excluding hydrogens is 234 g/mol. The maximum absolute atomic E-state index is 11.8. The highest BCUT2D eigenvalue weighted by atomic mass is 16.2. The van der Waals surface area contributed by atoms with Crippen molar-refractivity contribution in [3.63, 3.8) is 0 Å². The summed E-state index contributed by atoms with van der Waals surface area (Å²) in [5.74, 6) is -0.665. The first-order valence-electron chi connectivity index (χ1n) is 5.63. The summed E-state index contributed by atoms with van der Waals surface area (Å²) in [6.45, 7) is 5.63. The molecule has 7 nitrogen and oxygen atoms in total. The molecule has 0 aliphatic rings. The molecule has 1 heterocycles. The van der Waals surface area contributed by atoms with Crippen LogP contribution in [-0.4, -0.2) is 34.4 Å². The first-order chi connectivity index (χ1) is 8.43. The van der Waals surface area contributed by atoms with Gasteiger partial charge in [0.1, 0.15) is 11.7 Å². The largest absolute Gasteiger partial charge is 0.368 e. The predicted octanol–water partition coefficient (Wildman–Crippen LogP) is -0.378. The minimum atomic E-state index is -0.631. The molecule has 1 aromatic rings. The number of carbonyl (C=O) groups is 2. The van der Waals surface area contributed by atoms with Gasteiger partial charge in [0.05, 0.1) is 0 Å². The molecule has 7 heteroatoms. The van der Waals surface area contributed by atoms with Gasteiger partial charge in [0.25, 0.3) is 5.91 Å². The molecule has 1 rings (SSSR count). The van der Waals surface area contributed by atoms with Crippen LogP contribution < -0.4 is 16.4 Å². The lowest BCUT2D eigenvalue weighted by Gasteiger charge is -2.13. The molecule has 1 aromatic heterocycles. The van der Waals surface area contributed by atoms with Gasteiger partial charge in [0, 0.05) is 12.2 Å². The molecule has 18 heavy (non-hydrogen) atoms. The van der Waals surface area contributed by atoms with Gasteiger partial charge in [-0.25, -0.2) is 9.97 Å². The smallest absolute Gasteiger partial charge is 0.270 e. The topological polar surface area (TPSA) is 110 Å². The van der Waals surface area contributed by atoms with Gasteiger partial charge in [-0.1, -0.05) is 0 Å². The Labute approximate surface area is 105 Å². The maximum Gasteiger partial charge on any atom is 0.270 e. The summed E-state index contributed by atoms with van der Waals surface area (Å²) in [4.78, 5) is 31.0. The lowest BCUT2D eigenvalue weighted by Crippen LogP contribution is -2.45. The molecule has 0 saturated carbocycles. The zero-order valence-corrected chi connectivity index (χ0v) is 10.7. The number of anilines is 1. The second-order valence-corrected chi connectivity index (χ2v) is 3.84. The van der Waals surface area contributed by atoms with Crippen LogP contribution in [0.25, 0.3) is 0 Å². The van der Waals surface area contributed by atoms with Crippen molar-refractivity contribution >= 4 is 17.8 Å². The number of amides is 2. The van der Waals surface area contributed by atoms with E-state index in [1.54, 1.807) is 20.8 Å². The number of rotatable bonds is 4. The van der Waals surface area contributed by atoms with E-state index in [-0.39, 0.29) is 17.5 Å². The maximum atomic E-state index is 11.8. The molecule has 0 radical (unpaired) electrons. The quantitative estimate of drug-likeness (QED) is 0.675. The van der Waals surface area contributed by atoms with Crippen molar-refractivity contribution in [1.82, 2.24) is 20.6 Å². The third-order valence-electron chi connectivity index (χ3n) is 2.20. The molecule has 1 unspecified atom stereocenters. The highest BCUT2D eigenvalue weighted by Crippen LogP contribution is 2.02. The molecule has 0 fully saturated rings. The summed E-state index contributed by atoms with van der Waals surface area (Å²) < 4.78 is 0. The van der Waals surface area contributed by atoms with E-state index in [4.69, 9.17) is 5.73 Å². The second-order valence-electron chi connectivity index (χ2n) is 3.84. The molecule has 0 spiro atoms. The minimum Gasteiger partial charge on any atom is -0.368 e. The zero-order valence-electron chi connectivity index (χ0n) is 10.7. The van der Waals surface area contributed by atoms with Crippen LogP contribution in [0.3, 0.4) is 0 Å². The highest BCUT2D eigenvalue weighted by molar-refractivity contribution is 5.96. The Morgan fingerprint density at radius 1 is 1.44 bits per heavy atom. The van der Waals surface area contributed by atoms with Crippen LogP contribution in [0.4, 0.5) is 5.95 Å². The van der Waals surface area contributed by atoms with Crippen LogP contribution in [0, 0.1) is 6.92 Å². The number of likely N-dealkylation sites (N-methyl/N-ethyl adjacent to an activating group) is 1. The summed E-state index contributed by atoms with van der Waals surface area (Å²) in [7, 11) is 0. The highest BCUT2D eigenvalue weighted by Gasteiger charge is 2.17. The second kappa shape index (κ2) is 5.95. The number of nitrogens with zero attached hydrogens (tertiary/aromatic N) is 2. The van der Waals surface area contributed by atoms with E-state index in [1.807, 2.05) is 0 Å². The van der Waals surface area contributed by atoms with Gasteiger partial charge >= 0.3 is 0 Å². The summed E-state index contributed by atoms with van der Waals surface area (Å²) in [6, 6.07) is 0.879. The van der Waals surface area contributed by atoms with Crippen molar-refractivity contribution in [3.8, 4) is 0 Å². The summed E-state index contributed by atoms with van der Waals surface area (Å²) in [6.07, 6.45) is 0. The fourth-order valence-electron chi connectivity index (χ4n) is 1.37. The Morgan fingerprint density at radius 3 is 2.67 bits per heavy atom. The Bertz CT molecular complexity index is 440. The van der Waals surface area contributed by atoms with Gasteiger partial charge in [-0.05, 0) is 26.8 Å². The van der Waals surface area contributed by atoms with Crippen LogP contribution in [0.5, 0.6) is 0 Å². The van der Waals surface area contributed by atoms with Gasteiger partial charge in [0.2, 0.25) is 11.9 Å². The van der Waals surface area contributed by atoms with Crippen LogP contribution in [0.15, 0.2) is 6.07 Å². The predicted molar refractivity (Wildman–Crippen MR) is 66.8 cm³/mol. The van der Waals surface area contributed by atoms with E-state index in [0.29, 0.717) is 12.2 Å². The molecule has 0 saturated heterocycles. The summed E-state index contributed by atoms with van der Waals surface area (Å²) in [5, 5.41) is 5.15. The number of aromatic nitrogens is 2. The van der Waals surface area contributed by atoms with E-state index in [0.717, 1.165) is 0 Å². The molecule has 98 valence electrons. The van der Waals surface area contributed by atoms with Gasteiger partial charge < -0.3 is 16.4 Å². The van der Waals surface area contributed by atoms with Crippen molar-refractivity contribution in [3.05, 3.63) is 17.5 Å². The number of nitrogens with one attached hydrogen (secondary N) is 2. The SMILES string of the molecule is CCNC(=O)C(C)NC(=O)c1cc(C)nc(N)n1. The lowest BCUT2D eigenvalue weighted by atomic mass is 10.2. The van der Waals surface area contributed by atoms with Gasteiger partial charge in [-0.3, -0.25) is 9.59 Å². The summed E-state index contributed by atoms with van der Waals surface area (Å²) in [5.41, 5.74) is 6.20. The number of hydrogen-bond donors (Lipinski definition) is 3. The monoisotopic (exact) mass is 251 g/mol. The Kier molecular flexibility index (Phi) is 4.59. The third-order valence-corrected chi connectivity index (χ3v) is 2.20.